The maximum absolute atomic E-state index is 11.1. The van der Waals surface area contributed by atoms with Crippen LogP contribution in [0, 0.1) is 0 Å². The molecule has 0 unspecified atom stereocenters. The van der Waals surface area contributed by atoms with Gasteiger partial charge in [-0.1, -0.05) is 13.2 Å². The average molecular weight is 272 g/mol. The zero-order chi connectivity index (χ0) is 14.2. The lowest BCUT2D eigenvalue weighted by Crippen LogP contribution is -2.32. The lowest BCUT2D eigenvalue weighted by molar-refractivity contribution is -0.181. The van der Waals surface area contributed by atoms with Crippen molar-refractivity contribution in [3.8, 4) is 0 Å². The average Bonchev–Trinajstić information content (AvgIpc) is 2.35. The first kappa shape index (κ1) is 16.6. The van der Waals surface area contributed by atoms with Gasteiger partial charge in [0.25, 0.3) is 0 Å². The van der Waals surface area contributed by atoms with E-state index in [2.05, 4.69) is 13.2 Å². The van der Waals surface area contributed by atoms with Crippen LogP contribution in [0.15, 0.2) is 25.3 Å². The summed E-state index contributed by atoms with van der Waals surface area (Å²) in [6.45, 7) is 10.6. The second-order valence-corrected chi connectivity index (χ2v) is 8.64. The van der Waals surface area contributed by atoms with Crippen LogP contribution in [0.3, 0.4) is 0 Å². The summed E-state index contributed by atoms with van der Waals surface area (Å²) in [6.07, 6.45) is 1.51. The Morgan fingerprint density at radius 3 is 1.94 bits per heavy atom. The van der Waals surface area contributed by atoms with E-state index in [-0.39, 0.29) is 0 Å². The van der Waals surface area contributed by atoms with Crippen LogP contribution in [0.1, 0.15) is 6.42 Å². The van der Waals surface area contributed by atoms with Crippen molar-refractivity contribution in [3.63, 3.8) is 0 Å². The fourth-order valence-electron chi connectivity index (χ4n) is 1.06. The summed E-state index contributed by atoms with van der Waals surface area (Å²) in [4.78, 5) is 22.2. The van der Waals surface area contributed by atoms with Crippen molar-refractivity contribution in [3.05, 3.63) is 25.3 Å². The van der Waals surface area contributed by atoms with Gasteiger partial charge in [0.1, 0.15) is 0 Å². The van der Waals surface area contributed by atoms with Crippen LogP contribution >= 0.6 is 0 Å². The smallest absolute Gasteiger partial charge is 0.333 e. The largest absolute Gasteiger partial charge is 0.422 e. The lowest BCUT2D eigenvalue weighted by Gasteiger charge is -2.23. The highest BCUT2D eigenvalue weighted by atomic mass is 28.4. The summed E-state index contributed by atoms with van der Waals surface area (Å²) >= 11 is 0. The Balaban J connectivity index is 4.46. The Hall–Kier alpha value is -1.40. The van der Waals surface area contributed by atoms with Crippen LogP contribution in [0.25, 0.3) is 0 Å². The quantitative estimate of drug-likeness (QED) is 0.293. The molecule has 0 bridgehead atoms. The summed E-state index contributed by atoms with van der Waals surface area (Å²) in [6, 6.07) is 0.697. The minimum atomic E-state index is -1.80. The molecule has 0 aliphatic carbocycles. The molecule has 6 heteroatoms. The van der Waals surface area contributed by atoms with Crippen molar-refractivity contribution in [1.82, 2.24) is 0 Å². The first-order valence-electron chi connectivity index (χ1n) is 5.56. The molecule has 0 amide bonds. The molecule has 0 radical (unpaired) electrons. The summed E-state index contributed by atoms with van der Waals surface area (Å²) in [5.74, 6) is -1.26. The number of hydrogen-bond donors (Lipinski definition) is 0. The Bertz CT molecular complexity index is 302. The van der Waals surface area contributed by atoms with Gasteiger partial charge < -0.3 is 13.9 Å². The minimum Gasteiger partial charge on any atom is -0.422 e. The van der Waals surface area contributed by atoms with E-state index in [9.17, 15) is 9.59 Å². The fraction of sp³-hybridized carbons (Fsp3) is 0.500. The van der Waals surface area contributed by atoms with Crippen LogP contribution in [0.4, 0.5) is 0 Å². The van der Waals surface area contributed by atoms with E-state index >= 15 is 0 Å². The maximum Gasteiger partial charge on any atom is 0.333 e. The molecular weight excluding hydrogens is 252 g/mol. The van der Waals surface area contributed by atoms with Gasteiger partial charge in [0.05, 0.1) is 0 Å². The molecule has 0 aromatic rings. The standard InChI is InChI=1S/C12H20O5Si/c1-6-10(13)16-12(17-11(14)7-2)8-9-18(4,5)15-3/h6-7,12H,1-2,8-9H2,3-5H3. The molecular formula is C12H20O5Si. The van der Waals surface area contributed by atoms with E-state index < -0.39 is 26.5 Å². The van der Waals surface area contributed by atoms with E-state index in [1.165, 1.54) is 0 Å². The predicted octanol–water partition coefficient (Wildman–Crippen LogP) is 2.01. The molecule has 0 spiro atoms. The molecule has 18 heavy (non-hydrogen) atoms. The van der Waals surface area contributed by atoms with Gasteiger partial charge in [0.15, 0.2) is 8.32 Å². The molecule has 0 aliphatic heterocycles. The Labute approximate surface area is 109 Å². The molecule has 0 N–H and O–H groups in total. The third kappa shape index (κ3) is 7.03. The molecule has 5 nitrogen and oxygen atoms in total. The first-order valence-corrected chi connectivity index (χ1v) is 8.67. The molecule has 0 aromatic heterocycles. The van der Waals surface area contributed by atoms with E-state index in [4.69, 9.17) is 13.9 Å². The van der Waals surface area contributed by atoms with Crippen molar-refractivity contribution >= 4 is 20.3 Å². The van der Waals surface area contributed by atoms with Gasteiger partial charge in [0, 0.05) is 25.7 Å². The van der Waals surface area contributed by atoms with E-state index in [0.717, 1.165) is 12.2 Å². The number of carbonyl (C=O) groups is 2. The highest BCUT2D eigenvalue weighted by molar-refractivity contribution is 6.71. The molecule has 0 heterocycles. The molecule has 0 rings (SSSR count). The van der Waals surface area contributed by atoms with Gasteiger partial charge in [0.2, 0.25) is 6.29 Å². The van der Waals surface area contributed by atoms with Crippen LogP contribution in [0.5, 0.6) is 0 Å². The van der Waals surface area contributed by atoms with Gasteiger partial charge in [-0.2, -0.15) is 0 Å². The van der Waals surface area contributed by atoms with Crippen molar-refractivity contribution in [2.45, 2.75) is 31.8 Å². The van der Waals surface area contributed by atoms with Gasteiger partial charge >= 0.3 is 11.9 Å². The second-order valence-electron chi connectivity index (χ2n) is 4.21. The minimum absolute atomic E-state index is 0.395. The Morgan fingerprint density at radius 2 is 1.61 bits per heavy atom. The summed E-state index contributed by atoms with van der Waals surface area (Å²) in [5, 5.41) is 0. The number of hydrogen-bond acceptors (Lipinski definition) is 5. The van der Waals surface area contributed by atoms with Crippen LogP contribution in [-0.2, 0) is 23.5 Å². The highest BCUT2D eigenvalue weighted by Gasteiger charge is 2.25. The summed E-state index contributed by atoms with van der Waals surface area (Å²) < 4.78 is 15.2. The van der Waals surface area contributed by atoms with Gasteiger partial charge in [-0.15, -0.1) is 0 Å². The predicted molar refractivity (Wildman–Crippen MR) is 70.3 cm³/mol. The summed E-state index contributed by atoms with van der Waals surface area (Å²) in [5.41, 5.74) is 0. The first-order chi connectivity index (χ1) is 8.34. The maximum atomic E-state index is 11.1. The third-order valence-corrected chi connectivity index (χ3v) is 4.96. The zero-order valence-electron chi connectivity index (χ0n) is 11.1. The SMILES string of the molecule is C=CC(=O)OC(CC[Si](C)(C)OC)OC(=O)C=C. The van der Waals surface area contributed by atoms with Gasteiger partial charge in [-0.3, -0.25) is 0 Å². The zero-order valence-corrected chi connectivity index (χ0v) is 12.1. The van der Waals surface area contributed by atoms with Gasteiger partial charge in [-0.25, -0.2) is 9.59 Å². The Kier molecular flexibility index (Phi) is 7.22. The number of esters is 2. The third-order valence-electron chi connectivity index (χ3n) is 2.36. The number of ether oxygens (including phenoxy) is 2. The molecule has 0 saturated carbocycles. The van der Waals surface area contributed by atoms with Crippen molar-refractivity contribution in [2.75, 3.05) is 7.11 Å². The second kappa shape index (κ2) is 7.83. The van der Waals surface area contributed by atoms with Crippen LogP contribution in [0.2, 0.25) is 19.1 Å². The number of rotatable bonds is 8. The van der Waals surface area contributed by atoms with Crippen LogP contribution in [-0.4, -0.2) is 33.7 Å². The van der Waals surface area contributed by atoms with Crippen molar-refractivity contribution < 1.29 is 23.5 Å². The fourth-order valence-corrected chi connectivity index (χ4v) is 2.20. The van der Waals surface area contributed by atoms with E-state index in [0.29, 0.717) is 12.5 Å². The molecule has 0 atom stereocenters. The molecule has 0 saturated heterocycles. The van der Waals surface area contributed by atoms with Crippen molar-refractivity contribution in [1.29, 1.82) is 0 Å². The molecule has 0 fully saturated rings. The lowest BCUT2D eigenvalue weighted by atomic mass is 10.4. The highest BCUT2D eigenvalue weighted by Crippen LogP contribution is 2.16. The monoisotopic (exact) mass is 272 g/mol. The number of carbonyl (C=O) groups excluding carboxylic acids is 2. The Morgan fingerprint density at radius 1 is 1.17 bits per heavy atom. The molecule has 0 aromatic carbocycles. The van der Waals surface area contributed by atoms with Crippen molar-refractivity contribution in [2.24, 2.45) is 0 Å². The molecule has 0 aliphatic rings. The normalized spacial score (nSPS) is 10.9. The topological polar surface area (TPSA) is 61.8 Å². The van der Waals surface area contributed by atoms with Gasteiger partial charge in [-0.05, 0) is 19.1 Å². The van der Waals surface area contributed by atoms with E-state index in [1.54, 1.807) is 7.11 Å². The van der Waals surface area contributed by atoms with Crippen LogP contribution < -0.4 is 0 Å². The summed E-state index contributed by atoms with van der Waals surface area (Å²) in [7, 11) is -0.151. The van der Waals surface area contributed by atoms with E-state index in [1.807, 2.05) is 13.1 Å². The molecule has 102 valence electrons.